The molecule has 0 heterocycles. The largest absolute Gasteiger partial charge is 0.339 e. The Labute approximate surface area is 142 Å². The van der Waals surface area contributed by atoms with Gasteiger partial charge in [-0.25, -0.2) is 0 Å². The Balaban J connectivity index is 2.07. The van der Waals surface area contributed by atoms with Gasteiger partial charge in [0.25, 0.3) is 5.91 Å². The number of carbonyl (C=O) groups excluding carboxylic acids is 2. The lowest BCUT2D eigenvalue weighted by Gasteiger charge is -2.31. The monoisotopic (exact) mass is 337 g/mol. The molecule has 0 aliphatic heterocycles. The van der Waals surface area contributed by atoms with Gasteiger partial charge in [-0.3, -0.25) is 9.59 Å². The van der Waals surface area contributed by atoms with E-state index in [-0.39, 0.29) is 24.3 Å². The number of amides is 2. The van der Waals surface area contributed by atoms with Crippen molar-refractivity contribution >= 4 is 29.1 Å². The number of benzene rings is 1. The van der Waals surface area contributed by atoms with E-state index in [2.05, 4.69) is 5.32 Å². The first kappa shape index (κ1) is 17.8. The number of carbonyl (C=O) groups is 2. The molecule has 1 saturated carbocycles. The zero-order valence-electron chi connectivity index (χ0n) is 13.5. The Kier molecular flexibility index (Phi) is 6.42. The van der Waals surface area contributed by atoms with Crippen LogP contribution in [0.25, 0.3) is 0 Å². The fraction of sp³-hybridized carbons (Fsp3) is 0.529. The SMILES string of the molecule is CN(C(=O)c1ccc(NC(=O)CCN)cc1Cl)C1CCCCC1. The number of anilines is 1. The van der Waals surface area contributed by atoms with Crippen LogP contribution in [0.3, 0.4) is 0 Å². The summed E-state index contributed by atoms with van der Waals surface area (Å²) in [6, 6.07) is 5.26. The number of hydrogen-bond donors (Lipinski definition) is 2. The van der Waals surface area contributed by atoms with E-state index in [9.17, 15) is 9.59 Å². The van der Waals surface area contributed by atoms with Crippen molar-refractivity contribution in [2.24, 2.45) is 5.73 Å². The standard InChI is InChI=1S/C17H24ClN3O2/c1-21(13-5-3-2-4-6-13)17(23)14-8-7-12(11-15(14)18)20-16(22)9-10-19/h7-8,11,13H,2-6,9-10,19H2,1H3,(H,20,22). The molecule has 3 N–H and O–H groups in total. The first-order valence-electron chi connectivity index (χ1n) is 8.09. The van der Waals surface area contributed by atoms with Crippen LogP contribution in [0.2, 0.25) is 5.02 Å². The minimum absolute atomic E-state index is 0.0678. The summed E-state index contributed by atoms with van der Waals surface area (Å²) in [6.45, 7) is 0.294. The molecule has 0 spiro atoms. The molecule has 1 fully saturated rings. The van der Waals surface area contributed by atoms with Crippen molar-refractivity contribution in [2.45, 2.75) is 44.6 Å². The maximum absolute atomic E-state index is 12.6. The summed E-state index contributed by atoms with van der Waals surface area (Å²) in [7, 11) is 1.84. The number of nitrogens with zero attached hydrogens (tertiary/aromatic N) is 1. The lowest BCUT2D eigenvalue weighted by atomic mass is 9.94. The third-order valence-electron chi connectivity index (χ3n) is 4.30. The Hall–Kier alpha value is -1.59. The van der Waals surface area contributed by atoms with Gasteiger partial charge in [0.1, 0.15) is 0 Å². The van der Waals surface area contributed by atoms with Gasteiger partial charge < -0.3 is 16.0 Å². The van der Waals surface area contributed by atoms with Gasteiger partial charge in [0.2, 0.25) is 5.91 Å². The van der Waals surface area contributed by atoms with Crippen molar-refractivity contribution in [2.75, 3.05) is 18.9 Å². The molecule has 2 amide bonds. The number of hydrogen-bond acceptors (Lipinski definition) is 3. The van der Waals surface area contributed by atoms with E-state index >= 15 is 0 Å². The number of nitrogens with one attached hydrogen (secondary N) is 1. The lowest BCUT2D eigenvalue weighted by Crippen LogP contribution is -2.38. The molecule has 0 saturated heterocycles. The molecule has 126 valence electrons. The summed E-state index contributed by atoms with van der Waals surface area (Å²) < 4.78 is 0. The second-order valence-corrected chi connectivity index (χ2v) is 6.40. The van der Waals surface area contributed by atoms with E-state index in [1.807, 2.05) is 7.05 Å². The zero-order valence-corrected chi connectivity index (χ0v) is 14.2. The van der Waals surface area contributed by atoms with Gasteiger partial charge >= 0.3 is 0 Å². The normalized spacial score (nSPS) is 15.3. The van der Waals surface area contributed by atoms with Crippen molar-refractivity contribution in [3.05, 3.63) is 28.8 Å². The summed E-state index contributed by atoms with van der Waals surface area (Å²) in [5.41, 5.74) is 6.39. The highest BCUT2D eigenvalue weighted by molar-refractivity contribution is 6.34. The highest BCUT2D eigenvalue weighted by Gasteiger charge is 2.24. The molecule has 1 aromatic rings. The zero-order chi connectivity index (χ0) is 16.8. The van der Waals surface area contributed by atoms with E-state index in [4.69, 9.17) is 17.3 Å². The molecule has 23 heavy (non-hydrogen) atoms. The van der Waals surface area contributed by atoms with E-state index in [1.54, 1.807) is 23.1 Å². The van der Waals surface area contributed by atoms with Crippen LogP contribution in [0.4, 0.5) is 5.69 Å². The summed E-state index contributed by atoms with van der Waals surface area (Å²) in [6.07, 6.45) is 5.93. The molecule has 0 atom stereocenters. The molecule has 1 aromatic carbocycles. The Morgan fingerprint density at radius 1 is 1.30 bits per heavy atom. The van der Waals surface area contributed by atoms with Gasteiger partial charge in [0.05, 0.1) is 10.6 Å². The third-order valence-corrected chi connectivity index (χ3v) is 4.61. The summed E-state index contributed by atoms with van der Waals surface area (Å²) in [5, 5.41) is 3.06. The molecule has 2 rings (SSSR count). The first-order chi connectivity index (χ1) is 11.0. The lowest BCUT2D eigenvalue weighted by molar-refractivity contribution is -0.116. The summed E-state index contributed by atoms with van der Waals surface area (Å²) in [5.74, 6) is -0.233. The molecule has 0 unspecified atom stereocenters. The maximum Gasteiger partial charge on any atom is 0.255 e. The summed E-state index contributed by atoms with van der Waals surface area (Å²) in [4.78, 5) is 26.0. The maximum atomic E-state index is 12.6. The molecular formula is C17H24ClN3O2. The van der Waals surface area contributed by atoms with Gasteiger partial charge in [0, 0.05) is 31.7 Å². The topological polar surface area (TPSA) is 75.4 Å². The number of nitrogens with two attached hydrogens (primary N) is 1. The molecule has 5 nitrogen and oxygen atoms in total. The van der Waals surface area contributed by atoms with E-state index in [0.717, 1.165) is 12.8 Å². The average molecular weight is 338 g/mol. The average Bonchev–Trinajstić information content (AvgIpc) is 2.54. The van der Waals surface area contributed by atoms with E-state index in [0.29, 0.717) is 22.8 Å². The third kappa shape index (κ3) is 4.69. The van der Waals surface area contributed by atoms with Crippen molar-refractivity contribution in [1.82, 2.24) is 4.90 Å². The second-order valence-electron chi connectivity index (χ2n) is 5.99. The van der Waals surface area contributed by atoms with Crippen molar-refractivity contribution in [3.63, 3.8) is 0 Å². The van der Waals surface area contributed by atoms with Crippen molar-refractivity contribution in [1.29, 1.82) is 0 Å². The van der Waals surface area contributed by atoms with Crippen LogP contribution >= 0.6 is 11.6 Å². The van der Waals surface area contributed by atoms with Crippen LogP contribution in [0.1, 0.15) is 48.9 Å². The van der Waals surface area contributed by atoms with Gasteiger partial charge in [-0.15, -0.1) is 0 Å². The van der Waals surface area contributed by atoms with Crippen LogP contribution < -0.4 is 11.1 Å². The quantitative estimate of drug-likeness (QED) is 0.867. The molecule has 0 aromatic heterocycles. The second kappa shape index (κ2) is 8.31. The molecule has 1 aliphatic rings. The van der Waals surface area contributed by atoms with Crippen LogP contribution in [0.5, 0.6) is 0 Å². The smallest absolute Gasteiger partial charge is 0.255 e. The van der Waals surface area contributed by atoms with E-state index < -0.39 is 0 Å². The predicted molar refractivity (Wildman–Crippen MR) is 92.7 cm³/mol. The molecular weight excluding hydrogens is 314 g/mol. The van der Waals surface area contributed by atoms with Gasteiger partial charge in [-0.2, -0.15) is 0 Å². The van der Waals surface area contributed by atoms with Crippen molar-refractivity contribution < 1.29 is 9.59 Å². The first-order valence-corrected chi connectivity index (χ1v) is 8.47. The van der Waals surface area contributed by atoms with E-state index in [1.165, 1.54) is 19.3 Å². The van der Waals surface area contributed by atoms with Crippen LogP contribution in [0.15, 0.2) is 18.2 Å². The van der Waals surface area contributed by atoms with Crippen molar-refractivity contribution in [3.8, 4) is 0 Å². The number of halogens is 1. The van der Waals surface area contributed by atoms with Gasteiger partial charge in [-0.1, -0.05) is 30.9 Å². The molecule has 1 aliphatic carbocycles. The predicted octanol–water partition coefficient (Wildman–Crippen LogP) is 3.03. The van der Waals surface area contributed by atoms with Crippen LogP contribution in [-0.4, -0.2) is 36.3 Å². The number of rotatable bonds is 5. The molecule has 6 heteroatoms. The Morgan fingerprint density at radius 3 is 2.61 bits per heavy atom. The van der Waals surface area contributed by atoms with Crippen LogP contribution in [0, 0.1) is 0 Å². The van der Waals surface area contributed by atoms with Gasteiger partial charge in [-0.05, 0) is 31.0 Å². The Morgan fingerprint density at radius 2 is 2.00 bits per heavy atom. The van der Waals surface area contributed by atoms with Gasteiger partial charge in [0.15, 0.2) is 0 Å². The Bertz CT molecular complexity index is 571. The van der Waals surface area contributed by atoms with Crippen LogP contribution in [-0.2, 0) is 4.79 Å². The fourth-order valence-electron chi connectivity index (χ4n) is 2.95. The molecule has 0 bridgehead atoms. The molecule has 0 radical (unpaired) electrons. The highest BCUT2D eigenvalue weighted by Crippen LogP contribution is 2.26. The summed E-state index contributed by atoms with van der Waals surface area (Å²) >= 11 is 6.24. The highest BCUT2D eigenvalue weighted by atomic mass is 35.5. The minimum atomic E-state index is -0.165. The fourth-order valence-corrected chi connectivity index (χ4v) is 3.21. The minimum Gasteiger partial charge on any atom is -0.339 e.